The molecule has 2 heterocycles. The highest BCUT2D eigenvalue weighted by molar-refractivity contribution is 7.09. The quantitative estimate of drug-likeness (QED) is 0.366. The van der Waals surface area contributed by atoms with E-state index >= 15 is 0 Å². The monoisotopic (exact) mass is 597 g/mol. The summed E-state index contributed by atoms with van der Waals surface area (Å²) in [7, 11) is 0. The van der Waals surface area contributed by atoms with Crippen molar-refractivity contribution >= 4 is 35.2 Å². The fourth-order valence-electron chi connectivity index (χ4n) is 5.88. The second-order valence-corrected chi connectivity index (χ2v) is 13.6. The van der Waals surface area contributed by atoms with Crippen molar-refractivity contribution in [3.63, 3.8) is 0 Å². The summed E-state index contributed by atoms with van der Waals surface area (Å²) in [6.45, 7) is 6.09. The lowest BCUT2D eigenvalue weighted by atomic mass is 9.72. The van der Waals surface area contributed by atoms with Gasteiger partial charge < -0.3 is 25.4 Å². The van der Waals surface area contributed by atoms with Gasteiger partial charge in [-0.2, -0.15) is 0 Å². The van der Waals surface area contributed by atoms with Crippen molar-refractivity contribution < 1.29 is 29.0 Å². The number of aromatic carboxylic acids is 1. The number of alkyl carbamates (subject to hydrolysis) is 1. The number of nitrogens with one attached hydrogen (secondary N) is 2. The van der Waals surface area contributed by atoms with Gasteiger partial charge in [0.05, 0.1) is 11.0 Å². The fourth-order valence-corrected chi connectivity index (χ4v) is 6.63. The Morgan fingerprint density at radius 1 is 1.05 bits per heavy atom. The van der Waals surface area contributed by atoms with Crippen LogP contribution in [0.5, 0.6) is 0 Å². The number of carbonyl (C=O) groups excluding carboxylic acids is 3. The first-order valence-electron chi connectivity index (χ1n) is 14.9. The van der Waals surface area contributed by atoms with Crippen molar-refractivity contribution in [3.05, 3.63) is 57.8 Å². The zero-order chi connectivity index (χ0) is 30.3. The van der Waals surface area contributed by atoms with E-state index in [4.69, 9.17) is 4.74 Å². The maximum Gasteiger partial charge on any atom is 0.408 e. The number of likely N-dealkylation sites (tertiary alicyclic amines) is 1. The minimum absolute atomic E-state index is 0.00539. The number of hydrogen-bond donors (Lipinski definition) is 3. The third-order valence-corrected chi connectivity index (χ3v) is 9.07. The molecule has 3 N–H and O–H groups in total. The number of piperidine rings is 1. The molecule has 1 aromatic carbocycles. The smallest absolute Gasteiger partial charge is 0.408 e. The molecule has 2 aromatic rings. The molecule has 3 amide bonds. The minimum Gasteiger partial charge on any atom is -0.478 e. The molecule has 1 aliphatic carbocycles. The summed E-state index contributed by atoms with van der Waals surface area (Å²) >= 11 is 1.53. The SMILES string of the molecule is CC(C)(C)OC(=O)N[C@@H](Cc1cccs1)C(=O)N1CCC(Cc2ccc(C(=O)O)cc2)(C(=O)NC2CCCCC2)CC1. The number of carboxylic acids is 1. The Kier molecular flexibility index (Phi) is 10.3. The molecule has 0 radical (unpaired) electrons. The number of ether oxygens (including phenoxy) is 1. The number of thiophene rings is 1. The molecular formula is C32H43N3O6S. The predicted molar refractivity (Wildman–Crippen MR) is 162 cm³/mol. The molecule has 1 aromatic heterocycles. The van der Waals surface area contributed by atoms with Gasteiger partial charge in [0, 0.05) is 30.4 Å². The molecule has 42 heavy (non-hydrogen) atoms. The Bertz CT molecular complexity index is 1220. The second-order valence-electron chi connectivity index (χ2n) is 12.6. The lowest BCUT2D eigenvalue weighted by molar-refractivity contribution is -0.142. The van der Waals surface area contributed by atoms with Crippen LogP contribution in [-0.4, -0.2) is 64.7 Å². The van der Waals surface area contributed by atoms with E-state index in [-0.39, 0.29) is 23.4 Å². The number of carbonyl (C=O) groups is 4. The summed E-state index contributed by atoms with van der Waals surface area (Å²) in [6.07, 6.45) is 6.46. The Morgan fingerprint density at radius 2 is 1.71 bits per heavy atom. The minimum atomic E-state index is -0.991. The van der Waals surface area contributed by atoms with Gasteiger partial charge in [0.2, 0.25) is 11.8 Å². The molecule has 0 unspecified atom stereocenters. The van der Waals surface area contributed by atoms with Crippen molar-refractivity contribution in [3.8, 4) is 0 Å². The van der Waals surface area contributed by atoms with E-state index in [9.17, 15) is 24.3 Å². The highest BCUT2D eigenvalue weighted by atomic mass is 32.1. The molecule has 0 bridgehead atoms. The molecular weight excluding hydrogens is 554 g/mol. The van der Waals surface area contributed by atoms with Crippen molar-refractivity contribution in [2.45, 2.75) is 96.2 Å². The zero-order valence-corrected chi connectivity index (χ0v) is 25.6. The second kappa shape index (κ2) is 13.7. The molecule has 1 saturated heterocycles. The van der Waals surface area contributed by atoms with Crippen molar-refractivity contribution in [1.82, 2.24) is 15.5 Å². The van der Waals surface area contributed by atoms with Crippen LogP contribution in [0.1, 0.15) is 86.5 Å². The van der Waals surface area contributed by atoms with Crippen LogP contribution < -0.4 is 10.6 Å². The number of benzene rings is 1. The lowest BCUT2D eigenvalue weighted by Crippen LogP contribution is -2.56. The average molecular weight is 598 g/mol. The van der Waals surface area contributed by atoms with Gasteiger partial charge >= 0.3 is 12.1 Å². The topological polar surface area (TPSA) is 125 Å². The third kappa shape index (κ3) is 8.56. The largest absolute Gasteiger partial charge is 0.478 e. The Hall–Kier alpha value is -3.40. The summed E-state index contributed by atoms with van der Waals surface area (Å²) < 4.78 is 5.44. The van der Waals surface area contributed by atoms with Crippen LogP contribution >= 0.6 is 11.3 Å². The summed E-state index contributed by atoms with van der Waals surface area (Å²) in [5.41, 5.74) is -0.324. The summed E-state index contributed by atoms with van der Waals surface area (Å²) in [5.74, 6) is -1.18. The van der Waals surface area contributed by atoms with Crippen LogP contribution in [0.2, 0.25) is 0 Å². The van der Waals surface area contributed by atoms with Crippen LogP contribution in [0.3, 0.4) is 0 Å². The maximum atomic E-state index is 13.9. The zero-order valence-electron chi connectivity index (χ0n) is 24.8. The van der Waals surface area contributed by atoms with E-state index in [1.54, 1.807) is 49.9 Å². The van der Waals surface area contributed by atoms with Crippen LogP contribution in [0.25, 0.3) is 0 Å². The van der Waals surface area contributed by atoms with E-state index < -0.39 is 29.1 Å². The fraction of sp³-hybridized carbons (Fsp3) is 0.562. The Labute approximate surface area is 252 Å². The standard InChI is InChI=1S/C32H43N3O6S/c1-31(2,3)41-30(40)34-26(20-25-10-7-19-42-25)27(36)35-17-15-32(16-18-35,29(39)33-24-8-5-4-6-9-24)21-22-11-13-23(14-12-22)28(37)38/h7,10-14,19,24,26H,4-6,8-9,15-18,20-21H2,1-3H3,(H,33,39)(H,34,40)(H,37,38)/t26-/m0/s1. The lowest BCUT2D eigenvalue weighted by Gasteiger charge is -2.42. The number of rotatable bonds is 9. The normalized spacial score (nSPS) is 18.1. The first-order chi connectivity index (χ1) is 19.9. The number of amides is 3. The molecule has 2 fully saturated rings. The van der Waals surface area contributed by atoms with Gasteiger partial charge in [-0.05, 0) is 82.0 Å². The molecule has 1 atom stereocenters. The summed E-state index contributed by atoms with van der Waals surface area (Å²) in [6, 6.07) is 9.92. The van der Waals surface area contributed by atoms with Gasteiger partial charge in [0.1, 0.15) is 11.6 Å². The summed E-state index contributed by atoms with van der Waals surface area (Å²) in [5, 5.41) is 17.3. The van der Waals surface area contributed by atoms with Crippen molar-refractivity contribution in [2.75, 3.05) is 13.1 Å². The first kappa shape index (κ1) is 31.5. The van der Waals surface area contributed by atoms with E-state index in [1.807, 2.05) is 17.5 Å². The van der Waals surface area contributed by atoms with E-state index in [1.165, 1.54) is 17.8 Å². The van der Waals surface area contributed by atoms with Gasteiger partial charge in [-0.25, -0.2) is 9.59 Å². The predicted octanol–water partition coefficient (Wildman–Crippen LogP) is 5.18. The van der Waals surface area contributed by atoms with Crippen molar-refractivity contribution in [1.29, 1.82) is 0 Å². The molecule has 4 rings (SSSR count). The van der Waals surface area contributed by atoms with E-state index in [0.29, 0.717) is 38.8 Å². The average Bonchev–Trinajstić information content (AvgIpc) is 3.46. The van der Waals surface area contributed by atoms with Gasteiger partial charge in [0.15, 0.2) is 0 Å². The Balaban J connectivity index is 1.50. The van der Waals surface area contributed by atoms with Crippen molar-refractivity contribution in [2.24, 2.45) is 5.41 Å². The van der Waals surface area contributed by atoms with Crippen LogP contribution in [0, 0.1) is 5.41 Å². The number of carboxylic acid groups (broad SMARTS) is 1. The third-order valence-electron chi connectivity index (χ3n) is 8.17. The molecule has 10 heteroatoms. The number of hydrogen-bond acceptors (Lipinski definition) is 6. The molecule has 1 saturated carbocycles. The summed E-state index contributed by atoms with van der Waals surface area (Å²) in [4.78, 5) is 54.4. The molecule has 1 aliphatic heterocycles. The molecule has 9 nitrogen and oxygen atoms in total. The highest BCUT2D eigenvalue weighted by Gasteiger charge is 2.44. The van der Waals surface area contributed by atoms with Gasteiger partial charge in [-0.15, -0.1) is 11.3 Å². The maximum absolute atomic E-state index is 13.9. The van der Waals surface area contributed by atoms with Gasteiger partial charge in [0.25, 0.3) is 0 Å². The Morgan fingerprint density at radius 3 is 2.29 bits per heavy atom. The van der Waals surface area contributed by atoms with E-state index in [0.717, 1.165) is 36.1 Å². The van der Waals surface area contributed by atoms with Crippen LogP contribution in [0.15, 0.2) is 41.8 Å². The van der Waals surface area contributed by atoms with Gasteiger partial charge in [-0.1, -0.05) is 37.5 Å². The van der Waals surface area contributed by atoms with Crippen LogP contribution in [-0.2, 0) is 27.2 Å². The van der Waals surface area contributed by atoms with Crippen LogP contribution in [0.4, 0.5) is 4.79 Å². The molecule has 228 valence electrons. The van der Waals surface area contributed by atoms with Gasteiger partial charge in [-0.3, -0.25) is 9.59 Å². The highest BCUT2D eigenvalue weighted by Crippen LogP contribution is 2.37. The van der Waals surface area contributed by atoms with E-state index in [2.05, 4.69) is 10.6 Å². The number of nitrogens with zero attached hydrogens (tertiary/aromatic N) is 1. The molecule has 0 spiro atoms. The first-order valence-corrected chi connectivity index (χ1v) is 15.8. The molecule has 2 aliphatic rings.